The number of aromatic amines is 1. The number of hydrogen-bond acceptors (Lipinski definition) is 4. The van der Waals surface area contributed by atoms with Crippen molar-refractivity contribution in [3.05, 3.63) is 11.8 Å². The molecule has 1 aliphatic rings. The number of nitrogen functional groups attached to an aromatic ring is 1. The Morgan fingerprint density at radius 2 is 2.13 bits per heavy atom. The van der Waals surface area contributed by atoms with Gasteiger partial charge < -0.3 is 15.5 Å². The van der Waals surface area contributed by atoms with E-state index in [1.807, 2.05) is 4.90 Å². The second-order valence-corrected chi connectivity index (χ2v) is 3.80. The van der Waals surface area contributed by atoms with Crippen LogP contribution >= 0.6 is 0 Å². The molecule has 15 heavy (non-hydrogen) atoms. The molecule has 82 valence electrons. The summed E-state index contributed by atoms with van der Waals surface area (Å²) in [6.07, 6.45) is 0. The van der Waals surface area contributed by atoms with Gasteiger partial charge in [-0.2, -0.15) is 5.10 Å². The van der Waals surface area contributed by atoms with Crippen LogP contribution in [0.3, 0.4) is 0 Å². The zero-order chi connectivity index (χ0) is 10.8. The molecule has 6 nitrogen and oxygen atoms in total. The molecule has 1 aliphatic heterocycles. The van der Waals surface area contributed by atoms with E-state index in [0.717, 1.165) is 26.2 Å². The molecule has 0 aliphatic carbocycles. The van der Waals surface area contributed by atoms with Gasteiger partial charge in [0.2, 0.25) is 0 Å². The van der Waals surface area contributed by atoms with Crippen LogP contribution in [0.25, 0.3) is 0 Å². The van der Waals surface area contributed by atoms with Gasteiger partial charge in [-0.1, -0.05) is 0 Å². The summed E-state index contributed by atoms with van der Waals surface area (Å²) in [4.78, 5) is 15.9. The maximum Gasteiger partial charge on any atom is 0.272 e. The molecule has 0 radical (unpaired) electrons. The smallest absolute Gasteiger partial charge is 0.272 e. The summed E-state index contributed by atoms with van der Waals surface area (Å²) in [7, 11) is 2.05. The topological polar surface area (TPSA) is 78.2 Å². The first-order valence-electron chi connectivity index (χ1n) is 4.95. The molecule has 0 aromatic carbocycles. The van der Waals surface area contributed by atoms with Crippen molar-refractivity contribution < 1.29 is 4.79 Å². The summed E-state index contributed by atoms with van der Waals surface area (Å²) in [6.45, 7) is 3.34. The van der Waals surface area contributed by atoms with Crippen LogP contribution in [-0.4, -0.2) is 59.1 Å². The minimum Gasteiger partial charge on any atom is -0.382 e. The van der Waals surface area contributed by atoms with Gasteiger partial charge in [0, 0.05) is 32.2 Å². The van der Waals surface area contributed by atoms with Gasteiger partial charge in [-0.25, -0.2) is 0 Å². The van der Waals surface area contributed by atoms with Gasteiger partial charge in [0.1, 0.15) is 11.5 Å². The van der Waals surface area contributed by atoms with Crippen LogP contribution in [0.1, 0.15) is 10.5 Å². The highest BCUT2D eigenvalue weighted by molar-refractivity contribution is 5.93. The highest BCUT2D eigenvalue weighted by Gasteiger charge is 2.21. The fraction of sp³-hybridized carbons (Fsp3) is 0.556. The Labute approximate surface area is 88.0 Å². The molecule has 1 fully saturated rings. The molecule has 1 saturated heterocycles. The van der Waals surface area contributed by atoms with Gasteiger partial charge in [-0.05, 0) is 7.05 Å². The van der Waals surface area contributed by atoms with Crippen LogP contribution in [0.5, 0.6) is 0 Å². The summed E-state index contributed by atoms with van der Waals surface area (Å²) in [5.74, 6) is 0.333. The predicted molar refractivity (Wildman–Crippen MR) is 56.4 cm³/mol. The average molecular weight is 209 g/mol. The number of carbonyl (C=O) groups excluding carboxylic acids is 1. The van der Waals surface area contributed by atoms with E-state index in [2.05, 4.69) is 22.1 Å². The molecule has 0 unspecified atom stereocenters. The number of carbonyl (C=O) groups is 1. The summed E-state index contributed by atoms with van der Waals surface area (Å²) in [5.41, 5.74) is 5.92. The predicted octanol–water partition coefficient (Wildman–Crippen LogP) is -0.620. The third-order valence-corrected chi connectivity index (χ3v) is 2.62. The number of piperazine rings is 1. The molecule has 2 rings (SSSR count). The molecule has 6 heteroatoms. The maximum atomic E-state index is 11.9. The first-order valence-corrected chi connectivity index (χ1v) is 4.95. The number of anilines is 1. The lowest BCUT2D eigenvalue weighted by Gasteiger charge is -2.31. The first-order chi connectivity index (χ1) is 7.16. The van der Waals surface area contributed by atoms with Crippen molar-refractivity contribution in [2.75, 3.05) is 39.0 Å². The van der Waals surface area contributed by atoms with E-state index in [1.54, 1.807) is 6.07 Å². The van der Waals surface area contributed by atoms with Crippen molar-refractivity contribution in [2.24, 2.45) is 0 Å². The van der Waals surface area contributed by atoms with Crippen molar-refractivity contribution >= 4 is 11.7 Å². The fourth-order valence-corrected chi connectivity index (χ4v) is 1.63. The molecule has 1 aromatic heterocycles. The molecule has 2 heterocycles. The van der Waals surface area contributed by atoms with Crippen molar-refractivity contribution in [1.29, 1.82) is 0 Å². The van der Waals surface area contributed by atoms with Gasteiger partial charge in [-0.3, -0.25) is 9.89 Å². The minimum absolute atomic E-state index is 0.0210. The van der Waals surface area contributed by atoms with Crippen LogP contribution in [0, 0.1) is 0 Å². The lowest BCUT2D eigenvalue weighted by atomic mass is 10.3. The summed E-state index contributed by atoms with van der Waals surface area (Å²) < 4.78 is 0. The van der Waals surface area contributed by atoms with E-state index in [1.165, 1.54) is 0 Å². The third-order valence-electron chi connectivity index (χ3n) is 2.62. The normalized spacial score (nSPS) is 18.1. The Morgan fingerprint density at radius 1 is 1.47 bits per heavy atom. The Bertz CT molecular complexity index is 353. The van der Waals surface area contributed by atoms with E-state index < -0.39 is 0 Å². The van der Waals surface area contributed by atoms with Crippen molar-refractivity contribution in [3.8, 4) is 0 Å². The van der Waals surface area contributed by atoms with Crippen molar-refractivity contribution in [1.82, 2.24) is 20.0 Å². The highest BCUT2D eigenvalue weighted by atomic mass is 16.2. The molecular formula is C9H15N5O. The van der Waals surface area contributed by atoms with E-state index in [0.29, 0.717) is 11.5 Å². The number of hydrogen-bond donors (Lipinski definition) is 2. The lowest BCUT2D eigenvalue weighted by Crippen LogP contribution is -2.47. The number of likely N-dealkylation sites (N-methyl/N-ethyl adjacent to an activating group) is 1. The summed E-state index contributed by atoms with van der Waals surface area (Å²) in [6, 6.07) is 1.57. The monoisotopic (exact) mass is 209 g/mol. The number of aromatic nitrogens is 2. The minimum atomic E-state index is -0.0210. The SMILES string of the molecule is CN1CCN(C(=O)c2cc(N)n[nH]2)CC1. The lowest BCUT2D eigenvalue weighted by molar-refractivity contribution is 0.0658. The number of nitrogens with two attached hydrogens (primary N) is 1. The molecule has 1 amide bonds. The zero-order valence-corrected chi connectivity index (χ0v) is 8.73. The Morgan fingerprint density at radius 3 is 2.67 bits per heavy atom. The van der Waals surface area contributed by atoms with Gasteiger partial charge in [0.05, 0.1) is 0 Å². The Balaban J connectivity index is 2.02. The highest BCUT2D eigenvalue weighted by Crippen LogP contribution is 2.07. The quantitative estimate of drug-likeness (QED) is 0.646. The van der Waals surface area contributed by atoms with E-state index in [9.17, 15) is 4.79 Å². The van der Waals surface area contributed by atoms with Crippen LogP contribution in [-0.2, 0) is 0 Å². The average Bonchev–Trinajstić information content (AvgIpc) is 2.65. The van der Waals surface area contributed by atoms with Gasteiger partial charge in [-0.15, -0.1) is 0 Å². The van der Waals surface area contributed by atoms with Crippen LogP contribution in [0.4, 0.5) is 5.82 Å². The van der Waals surface area contributed by atoms with Crippen molar-refractivity contribution in [2.45, 2.75) is 0 Å². The van der Waals surface area contributed by atoms with Gasteiger partial charge >= 0.3 is 0 Å². The molecule has 0 bridgehead atoms. The number of rotatable bonds is 1. The van der Waals surface area contributed by atoms with Crippen LogP contribution < -0.4 is 5.73 Å². The second-order valence-electron chi connectivity index (χ2n) is 3.80. The summed E-state index contributed by atoms with van der Waals surface area (Å²) >= 11 is 0. The van der Waals surface area contributed by atoms with Gasteiger partial charge in [0.25, 0.3) is 5.91 Å². The molecule has 3 N–H and O–H groups in total. The number of nitrogens with zero attached hydrogens (tertiary/aromatic N) is 3. The fourth-order valence-electron chi connectivity index (χ4n) is 1.63. The number of amides is 1. The van der Waals surface area contributed by atoms with Crippen molar-refractivity contribution in [3.63, 3.8) is 0 Å². The van der Waals surface area contributed by atoms with E-state index in [4.69, 9.17) is 5.73 Å². The molecule has 1 aromatic rings. The standard InChI is InChI=1S/C9H15N5O/c1-13-2-4-14(5-3-13)9(15)7-6-8(10)12-11-7/h6H,2-5H2,1H3,(H3,10,11,12). The van der Waals surface area contributed by atoms with E-state index >= 15 is 0 Å². The third kappa shape index (κ3) is 2.10. The van der Waals surface area contributed by atoms with Gasteiger partial charge in [0.15, 0.2) is 0 Å². The van der Waals surface area contributed by atoms with Crippen LogP contribution in [0.15, 0.2) is 6.07 Å². The maximum absolute atomic E-state index is 11.9. The van der Waals surface area contributed by atoms with Crippen LogP contribution in [0.2, 0.25) is 0 Å². The molecule has 0 spiro atoms. The molecule has 0 saturated carbocycles. The largest absolute Gasteiger partial charge is 0.382 e. The Hall–Kier alpha value is -1.56. The summed E-state index contributed by atoms with van der Waals surface area (Å²) in [5, 5.41) is 6.38. The van der Waals surface area contributed by atoms with E-state index in [-0.39, 0.29) is 5.91 Å². The Kier molecular flexibility index (Phi) is 2.59. The molecule has 0 atom stereocenters. The number of H-pyrrole nitrogens is 1. The molecular weight excluding hydrogens is 194 g/mol. The second kappa shape index (κ2) is 3.90. The number of nitrogens with one attached hydrogen (secondary N) is 1. The zero-order valence-electron chi connectivity index (χ0n) is 8.73. The first kappa shape index (κ1) is 9.97.